The number of anilines is 4. The molecule has 4 aliphatic rings. The first-order valence-electron chi connectivity index (χ1n) is 25.5. The molecule has 2 amide bonds. The number of carbonyl (C=O) groups is 2. The molecular formula is C52H57ClF12N8O8. The molecule has 0 atom stereocenters. The molecule has 0 bridgehead atoms. The number of carbonyl (C=O) groups excluding carboxylic acids is 2. The van der Waals surface area contributed by atoms with Crippen LogP contribution in [-0.2, 0) is 39.0 Å². The van der Waals surface area contributed by atoms with Crippen LogP contribution in [0.3, 0.4) is 0 Å². The van der Waals surface area contributed by atoms with Crippen molar-refractivity contribution in [3.05, 3.63) is 127 Å². The van der Waals surface area contributed by atoms with Crippen molar-refractivity contribution in [2.45, 2.75) is 100 Å². The van der Waals surface area contributed by atoms with Crippen LogP contribution < -0.4 is 20.4 Å². The van der Waals surface area contributed by atoms with Gasteiger partial charge in [0, 0.05) is 99.3 Å². The maximum Gasteiger partial charge on any atom is 0.423 e. The van der Waals surface area contributed by atoms with E-state index >= 15 is 0 Å². The maximum absolute atomic E-state index is 13.2. The van der Waals surface area contributed by atoms with Gasteiger partial charge < -0.3 is 40.1 Å². The molecule has 29 heteroatoms. The number of hydrogen-bond acceptors (Lipinski definition) is 12. The molecule has 81 heavy (non-hydrogen) atoms. The molecule has 0 aromatic heterocycles. The maximum atomic E-state index is 13.2. The number of piperazine rings is 2. The number of nitrogens with one attached hydrogen (secondary N) is 2. The van der Waals surface area contributed by atoms with Gasteiger partial charge in [-0.1, -0.05) is 0 Å². The van der Waals surface area contributed by atoms with Crippen LogP contribution >= 0.6 is 11.6 Å². The Morgan fingerprint density at radius 1 is 0.531 bits per heavy atom. The summed E-state index contributed by atoms with van der Waals surface area (Å²) in [6.07, 6.45) is -14.0. The number of halogens is 13. The Balaban J connectivity index is 0.000000216. The Kier molecular flexibility index (Phi) is 21.4. The molecule has 444 valence electrons. The van der Waals surface area contributed by atoms with Gasteiger partial charge in [-0.2, -0.15) is 52.7 Å². The highest BCUT2D eigenvalue weighted by molar-refractivity contribution is 6.27. The second-order valence-corrected chi connectivity index (χ2v) is 19.8. The van der Waals surface area contributed by atoms with E-state index in [0.29, 0.717) is 109 Å². The number of ether oxygens (including phenoxy) is 1. The molecule has 0 spiro atoms. The number of benzene rings is 4. The van der Waals surface area contributed by atoms with Gasteiger partial charge in [0.05, 0.1) is 33.2 Å². The summed E-state index contributed by atoms with van der Waals surface area (Å²) >= 11 is 5.49. The minimum atomic E-state index is -4.85. The average molecular weight is 1190 g/mol. The summed E-state index contributed by atoms with van der Waals surface area (Å²) < 4.78 is 160. The molecule has 2 saturated carbocycles. The van der Waals surface area contributed by atoms with Crippen LogP contribution in [0.1, 0.15) is 73.6 Å². The number of aliphatic hydroxyl groups excluding tert-OH is 1. The molecule has 2 aliphatic carbocycles. The normalized spacial score (nSPS) is 20.0. The molecule has 4 aromatic carbocycles. The second-order valence-electron chi connectivity index (χ2n) is 19.5. The van der Waals surface area contributed by atoms with Gasteiger partial charge in [-0.25, -0.2) is 0 Å². The highest BCUT2D eigenvalue weighted by Crippen LogP contribution is 2.40. The van der Waals surface area contributed by atoms with Gasteiger partial charge in [0.25, 0.3) is 11.4 Å². The van der Waals surface area contributed by atoms with Gasteiger partial charge in [-0.15, -0.1) is 11.6 Å². The first-order valence-corrected chi connectivity index (χ1v) is 26.0. The molecule has 0 unspecified atom stereocenters. The number of rotatable bonds is 12. The fraction of sp³-hybridized carbons (Fsp3) is 0.500. The number of nitro benzene ring substituents is 2. The van der Waals surface area contributed by atoms with Crippen molar-refractivity contribution in [3.8, 4) is 0 Å². The number of aliphatic hydroxyl groups is 1. The molecule has 2 aliphatic heterocycles. The SMILES string of the molecule is O=C(CCl)N1CCN(c2ccc(C(F)(F)F)cc2)CC1.O=C(COC1CCC(Nc2ccc([N+](=O)[O-])c(C(F)(F)F)c2)CC1)N1CCN(c2ccc(C(F)(F)F)cc2)CC1.O=[N+]([O-])c1ccc(NC2CCC(O)CC2)cc1C(F)(F)F. The summed E-state index contributed by atoms with van der Waals surface area (Å²) in [7, 11) is 0. The predicted octanol–water partition coefficient (Wildman–Crippen LogP) is 11.6. The summed E-state index contributed by atoms with van der Waals surface area (Å²) in [6, 6.07) is 15.6. The fourth-order valence-corrected chi connectivity index (χ4v) is 9.77. The zero-order chi connectivity index (χ0) is 59.5. The molecule has 3 N–H and O–H groups in total. The van der Waals surface area contributed by atoms with Crippen LogP contribution in [0, 0.1) is 20.2 Å². The van der Waals surface area contributed by atoms with Crippen molar-refractivity contribution in [2.24, 2.45) is 0 Å². The standard InChI is InChI=1S/C26H28F6N4O4.C13H14ClF3N2O.C13H15F3N2O3/c27-25(28,29)17-1-6-20(7-2-17)34-11-13-35(14-12-34)24(37)16-40-21-8-3-18(4-9-21)33-19-5-10-23(36(38)39)22(15-19)26(30,31)32;14-9-12(20)19-7-5-18(6-8-19)11-3-1-10(2-4-11)13(15,16)17;14-13(15,16)11-7-9(3-6-12(11)18(20)21)17-8-1-4-10(19)5-2-8/h1-2,5-7,10,15,18,21,33H,3-4,8-9,11-14,16H2;1-4H,5-9H2;3,6-8,10,17,19H,1-2,4-5H2. The number of alkyl halides is 13. The van der Waals surface area contributed by atoms with E-state index in [1.807, 2.05) is 9.80 Å². The van der Waals surface area contributed by atoms with E-state index in [1.54, 1.807) is 9.80 Å². The van der Waals surface area contributed by atoms with Crippen molar-refractivity contribution in [1.29, 1.82) is 0 Å². The topological polar surface area (TPSA) is 187 Å². The summed E-state index contributed by atoms with van der Waals surface area (Å²) in [5.41, 5.74) is -4.14. The van der Waals surface area contributed by atoms with Crippen LogP contribution in [0.4, 0.5) is 86.8 Å². The van der Waals surface area contributed by atoms with Crippen molar-refractivity contribution in [2.75, 3.05) is 85.3 Å². The second kappa shape index (κ2) is 27.3. The Morgan fingerprint density at radius 2 is 0.889 bits per heavy atom. The lowest BCUT2D eigenvalue weighted by Gasteiger charge is -2.36. The van der Waals surface area contributed by atoms with Crippen LogP contribution in [0.5, 0.6) is 0 Å². The minimum Gasteiger partial charge on any atom is -0.393 e. The molecule has 0 radical (unpaired) electrons. The number of nitrogens with zero attached hydrogens (tertiary/aromatic N) is 6. The lowest BCUT2D eigenvalue weighted by Crippen LogP contribution is -2.50. The zero-order valence-corrected chi connectivity index (χ0v) is 43.8. The van der Waals surface area contributed by atoms with Crippen LogP contribution in [0.15, 0.2) is 84.9 Å². The van der Waals surface area contributed by atoms with Gasteiger partial charge >= 0.3 is 24.7 Å². The summed E-state index contributed by atoms with van der Waals surface area (Å²) in [5, 5.41) is 36.9. The zero-order valence-electron chi connectivity index (χ0n) is 43.0. The Bertz CT molecular complexity index is 2740. The van der Waals surface area contributed by atoms with Gasteiger partial charge in [0.1, 0.15) is 23.6 Å². The summed E-state index contributed by atoms with van der Waals surface area (Å²) in [5.74, 6) is -0.336. The van der Waals surface area contributed by atoms with Crippen LogP contribution in [-0.4, -0.2) is 126 Å². The molecule has 16 nitrogen and oxygen atoms in total. The largest absolute Gasteiger partial charge is 0.423 e. The molecular weight excluding hydrogens is 1130 g/mol. The molecule has 8 rings (SSSR count). The van der Waals surface area contributed by atoms with Gasteiger partial charge in [-0.05, 0) is 124 Å². The number of amides is 2. The van der Waals surface area contributed by atoms with Crippen molar-refractivity contribution >= 4 is 57.5 Å². The molecule has 2 heterocycles. The Labute approximate surface area is 461 Å². The van der Waals surface area contributed by atoms with Gasteiger partial charge in [0.2, 0.25) is 11.8 Å². The van der Waals surface area contributed by atoms with E-state index in [1.165, 1.54) is 36.4 Å². The van der Waals surface area contributed by atoms with E-state index in [9.17, 15) is 87.6 Å². The van der Waals surface area contributed by atoms with Crippen molar-refractivity contribution in [3.63, 3.8) is 0 Å². The molecule has 4 aromatic rings. The quantitative estimate of drug-likeness (QED) is 0.0528. The monoisotopic (exact) mass is 1180 g/mol. The van der Waals surface area contributed by atoms with E-state index in [2.05, 4.69) is 10.6 Å². The smallest absolute Gasteiger partial charge is 0.393 e. The van der Waals surface area contributed by atoms with E-state index < -0.39 is 68.2 Å². The Hall–Kier alpha value is -6.81. The summed E-state index contributed by atoms with van der Waals surface area (Å²) in [6.45, 7) is 3.92. The van der Waals surface area contributed by atoms with E-state index in [0.717, 1.165) is 54.2 Å². The highest BCUT2D eigenvalue weighted by atomic mass is 35.5. The van der Waals surface area contributed by atoms with E-state index in [-0.39, 0.29) is 60.0 Å². The lowest BCUT2D eigenvalue weighted by molar-refractivity contribution is -0.388. The fourth-order valence-electron chi connectivity index (χ4n) is 9.61. The highest BCUT2D eigenvalue weighted by Gasteiger charge is 2.40. The minimum absolute atomic E-state index is 0.0315. The lowest BCUT2D eigenvalue weighted by atomic mass is 9.92. The van der Waals surface area contributed by atoms with Crippen LogP contribution in [0.2, 0.25) is 0 Å². The first-order chi connectivity index (χ1) is 38.0. The summed E-state index contributed by atoms with van der Waals surface area (Å²) in [4.78, 5) is 50.7. The van der Waals surface area contributed by atoms with Crippen LogP contribution in [0.25, 0.3) is 0 Å². The third kappa shape index (κ3) is 18.3. The first kappa shape index (κ1) is 63.4. The van der Waals surface area contributed by atoms with Crippen molar-refractivity contribution in [1.82, 2.24) is 9.80 Å². The third-order valence-corrected chi connectivity index (χ3v) is 14.3. The Morgan fingerprint density at radius 3 is 1.22 bits per heavy atom. The number of nitro groups is 2. The third-order valence-electron chi connectivity index (χ3n) is 14.1. The van der Waals surface area contributed by atoms with E-state index in [4.69, 9.17) is 16.3 Å². The van der Waals surface area contributed by atoms with Crippen molar-refractivity contribution < 1.29 is 82.0 Å². The van der Waals surface area contributed by atoms with Gasteiger partial charge in [0.15, 0.2) is 0 Å². The molecule has 2 saturated heterocycles. The molecule has 4 fully saturated rings. The number of hydrogen-bond donors (Lipinski definition) is 3. The van der Waals surface area contributed by atoms with Gasteiger partial charge in [-0.3, -0.25) is 29.8 Å². The average Bonchev–Trinajstić information content (AvgIpc) is 3.45. The predicted molar refractivity (Wildman–Crippen MR) is 275 cm³/mol.